The zero-order valence-electron chi connectivity index (χ0n) is 18.0. The largest absolute Gasteiger partial charge is 0.507 e. The molecule has 29 heavy (non-hydrogen) atoms. The molecule has 0 aliphatic rings. The molecule has 1 rings (SSSR count). The van der Waals surface area contributed by atoms with E-state index < -0.39 is 5.97 Å². The number of unbranched alkanes of at least 4 members (excludes halogenated alkanes) is 11. The molecule has 1 aromatic carbocycles. The van der Waals surface area contributed by atoms with Crippen LogP contribution in [0.3, 0.4) is 0 Å². The number of benzene rings is 1. The van der Waals surface area contributed by atoms with E-state index in [0.717, 1.165) is 25.7 Å². The van der Waals surface area contributed by atoms with E-state index in [1.54, 1.807) is 0 Å². The number of carboxylic acids is 1. The second-order valence-corrected chi connectivity index (χ2v) is 7.79. The fourth-order valence-electron chi connectivity index (χ4n) is 3.38. The van der Waals surface area contributed by atoms with Crippen LogP contribution in [0.1, 0.15) is 118 Å². The highest BCUT2D eigenvalue weighted by atomic mass is 16.4. The van der Waals surface area contributed by atoms with E-state index in [1.165, 1.54) is 76.0 Å². The molecule has 0 atom stereocenters. The molecule has 0 radical (unpaired) electrons. The lowest BCUT2D eigenvalue weighted by molar-refractivity contribution is 0.0693. The Morgan fingerprint density at radius 1 is 0.828 bits per heavy atom. The molecule has 0 saturated heterocycles. The number of phenols is 1. The Kier molecular flexibility index (Phi) is 13.6. The van der Waals surface area contributed by atoms with Crippen LogP contribution in [0.4, 0.5) is 0 Å². The molecule has 0 bridgehead atoms. The van der Waals surface area contributed by atoms with Crippen molar-refractivity contribution in [3.05, 3.63) is 41.5 Å². The summed E-state index contributed by atoms with van der Waals surface area (Å²) in [6, 6.07) is 4.02. The molecule has 0 amide bonds. The Labute approximate surface area is 176 Å². The minimum atomic E-state index is -1.22. The molecule has 162 valence electrons. The summed E-state index contributed by atoms with van der Waals surface area (Å²) < 4.78 is 0. The number of ketones is 1. The van der Waals surface area contributed by atoms with Crippen LogP contribution in [0, 0.1) is 0 Å². The molecule has 1 aromatic rings. The van der Waals surface area contributed by atoms with Gasteiger partial charge >= 0.3 is 5.97 Å². The molecular formula is C25H38O4. The maximum Gasteiger partial charge on any atom is 0.339 e. The lowest BCUT2D eigenvalue weighted by Crippen LogP contribution is -2.03. The normalized spacial score (nSPS) is 11.2. The van der Waals surface area contributed by atoms with Gasteiger partial charge in [0.25, 0.3) is 0 Å². The summed E-state index contributed by atoms with van der Waals surface area (Å²) in [5.74, 6) is -1.60. The first-order valence-corrected chi connectivity index (χ1v) is 11.3. The van der Waals surface area contributed by atoms with E-state index in [1.807, 2.05) is 0 Å². The van der Waals surface area contributed by atoms with Gasteiger partial charge in [-0.15, -0.1) is 0 Å². The highest BCUT2D eigenvalue weighted by Crippen LogP contribution is 2.20. The van der Waals surface area contributed by atoms with E-state index in [2.05, 4.69) is 19.1 Å². The number of rotatable bonds is 17. The number of hydrogen-bond donors (Lipinski definition) is 2. The topological polar surface area (TPSA) is 74.6 Å². The summed E-state index contributed by atoms with van der Waals surface area (Å²) in [5.41, 5.74) is 0.135. The maximum absolute atomic E-state index is 12.2. The minimum absolute atomic E-state index is 0.0647. The van der Waals surface area contributed by atoms with Gasteiger partial charge in [0.1, 0.15) is 11.3 Å². The first-order valence-electron chi connectivity index (χ1n) is 11.3. The minimum Gasteiger partial charge on any atom is -0.507 e. The monoisotopic (exact) mass is 402 g/mol. The van der Waals surface area contributed by atoms with Crippen molar-refractivity contribution in [1.82, 2.24) is 0 Å². The zero-order valence-corrected chi connectivity index (χ0v) is 18.0. The third-order valence-electron chi connectivity index (χ3n) is 5.21. The summed E-state index contributed by atoms with van der Waals surface area (Å²) in [6.07, 6.45) is 20.8. The maximum atomic E-state index is 12.2. The van der Waals surface area contributed by atoms with Crippen LogP contribution in [0.25, 0.3) is 0 Å². The summed E-state index contributed by atoms with van der Waals surface area (Å²) >= 11 is 0. The standard InChI is InChI=1S/C25H38O4/c1-2-3-4-5-6-7-8-9-10-11-12-13-14-15-16-17-23(26)21-18-19-24(27)22(20-21)25(28)29/h9-10,18-20,27H,2-8,11-17H2,1H3,(H,28,29)/b10-9-. The van der Waals surface area contributed by atoms with Gasteiger partial charge in [-0.25, -0.2) is 4.79 Å². The van der Waals surface area contributed by atoms with Gasteiger partial charge < -0.3 is 10.2 Å². The number of aromatic hydroxyl groups is 1. The van der Waals surface area contributed by atoms with Crippen LogP contribution in [-0.2, 0) is 0 Å². The van der Waals surface area contributed by atoms with E-state index in [4.69, 9.17) is 5.11 Å². The molecule has 0 spiro atoms. The molecule has 4 heteroatoms. The zero-order chi connectivity index (χ0) is 21.3. The van der Waals surface area contributed by atoms with Crippen LogP contribution in [0.5, 0.6) is 5.75 Å². The average Bonchev–Trinajstić information content (AvgIpc) is 2.70. The Bertz CT molecular complexity index is 634. The fourth-order valence-corrected chi connectivity index (χ4v) is 3.38. The van der Waals surface area contributed by atoms with Gasteiger partial charge in [-0.3, -0.25) is 4.79 Å². The van der Waals surface area contributed by atoms with Crippen LogP contribution in [0.15, 0.2) is 30.4 Å². The second-order valence-electron chi connectivity index (χ2n) is 7.79. The van der Waals surface area contributed by atoms with E-state index in [-0.39, 0.29) is 17.1 Å². The Morgan fingerprint density at radius 2 is 1.38 bits per heavy atom. The van der Waals surface area contributed by atoms with Crippen LogP contribution >= 0.6 is 0 Å². The quantitative estimate of drug-likeness (QED) is 0.163. The molecule has 0 unspecified atom stereocenters. The molecule has 4 nitrogen and oxygen atoms in total. The predicted molar refractivity (Wildman–Crippen MR) is 119 cm³/mol. The van der Waals surface area contributed by atoms with E-state index in [9.17, 15) is 14.7 Å². The highest BCUT2D eigenvalue weighted by molar-refractivity contribution is 5.99. The van der Waals surface area contributed by atoms with Gasteiger partial charge in [0.05, 0.1) is 0 Å². The number of carbonyl (C=O) groups excluding carboxylic acids is 1. The van der Waals surface area contributed by atoms with Crippen molar-refractivity contribution >= 4 is 11.8 Å². The van der Waals surface area contributed by atoms with E-state index >= 15 is 0 Å². The van der Waals surface area contributed by atoms with Crippen LogP contribution in [-0.4, -0.2) is 22.0 Å². The Balaban J connectivity index is 2.03. The molecule has 0 heterocycles. The summed E-state index contributed by atoms with van der Waals surface area (Å²) in [4.78, 5) is 23.2. The smallest absolute Gasteiger partial charge is 0.339 e. The van der Waals surface area contributed by atoms with Crippen LogP contribution < -0.4 is 0 Å². The number of allylic oxidation sites excluding steroid dienone is 2. The summed E-state index contributed by atoms with van der Waals surface area (Å²) in [6.45, 7) is 2.25. The van der Waals surface area contributed by atoms with E-state index in [0.29, 0.717) is 12.0 Å². The van der Waals surface area contributed by atoms with Crippen LogP contribution in [0.2, 0.25) is 0 Å². The number of Topliss-reactive ketones (excluding diaryl/α,β-unsaturated/α-hetero) is 1. The van der Waals surface area contributed by atoms with Crippen molar-refractivity contribution in [3.8, 4) is 5.75 Å². The predicted octanol–water partition coefficient (Wildman–Crippen LogP) is 7.31. The Hall–Kier alpha value is -2.10. The van der Waals surface area contributed by atoms with Crippen molar-refractivity contribution in [2.45, 2.75) is 96.8 Å². The molecular weight excluding hydrogens is 364 g/mol. The van der Waals surface area contributed by atoms with Gasteiger partial charge in [-0.2, -0.15) is 0 Å². The van der Waals surface area contributed by atoms with Crippen molar-refractivity contribution in [2.75, 3.05) is 0 Å². The third-order valence-corrected chi connectivity index (χ3v) is 5.21. The van der Waals surface area contributed by atoms with Gasteiger partial charge in [0.2, 0.25) is 0 Å². The highest BCUT2D eigenvalue weighted by Gasteiger charge is 2.13. The number of carboxylic acid groups (broad SMARTS) is 1. The van der Waals surface area contributed by atoms with Gasteiger partial charge in [0.15, 0.2) is 5.78 Å². The van der Waals surface area contributed by atoms with Gasteiger partial charge in [0, 0.05) is 12.0 Å². The SMILES string of the molecule is CCCCCCCC/C=C\CCCCCCCC(=O)c1ccc(O)c(C(=O)O)c1. The lowest BCUT2D eigenvalue weighted by atomic mass is 10.0. The first kappa shape index (κ1) is 24.9. The Morgan fingerprint density at radius 3 is 1.97 bits per heavy atom. The first-order chi connectivity index (χ1) is 14.1. The van der Waals surface area contributed by atoms with Crippen molar-refractivity contribution in [1.29, 1.82) is 0 Å². The second kappa shape index (κ2) is 15.8. The fraction of sp³-hybridized carbons (Fsp3) is 0.600. The molecule has 0 saturated carbocycles. The molecule has 0 aliphatic heterocycles. The van der Waals surface area contributed by atoms with Gasteiger partial charge in [-0.1, -0.05) is 70.4 Å². The van der Waals surface area contributed by atoms with Gasteiger partial charge in [-0.05, 0) is 50.3 Å². The third kappa shape index (κ3) is 11.5. The lowest BCUT2D eigenvalue weighted by Gasteiger charge is -2.04. The number of hydrogen-bond acceptors (Lipinski definition) is 3. The summed E-state index contributed by atoms with van der Waals surface area (Å²) in [5, 5.41) is 18.5. The number of carbonyl (C=O) groups is 2. The summed E-state index contributed by atoms with van der Waals surface area (Å²) in [7, 11) is 0. The van der Waals surface area contributed by atoms with Crippen molar-refractivity contribution in [3.63, 3.8) is 0 Å². The molecule has 0 aliphatic carbocycles. The number of aromatic carboxylic acids is 1. The van der Waals surface area contributed by atoms with Crippen molar-refractivity contribution in [2.24, 2.45) is 0 Å². The molecule has 0 fully saturated rings. The molecule has 2 N–H and O–H groups in total. The van der Waals surface area contributed by atoms with Crippen molar-refractivity contribution < 1.29 is 19.8 Å². The molecule has 0 aromatic heterocycles. The average molecular weight is 403 g/mol.